The van der Waals surface area contributed by atoms with Gasteiger partial charge in [-0.2, -0.15) is 0 Å². The van der Waals surface area contributed by atoms with Crippen LogP contribution in [-0.4, -0.2) is 33.1 Å². The van der Waals surface area contributed by atoms with Crippen LogP contribution in [0.1, 0.15) is 92.4 Å². The first-order chi connectivity index (χ1) is 14.4. The molecule has 3 heteroatoms. The summed E-state index contributed by atoms with van der Waals surface area (Å²) in [5, 5.41) is 30.7. The van der Waals surface area contributed by atoms with Crippen molar-refractivity contribution >= 4 is 0 Å². The molecular formula is C28H46O3. The van der Waals surface area contributed by atoms with E-state index in [1.165, 1.54) is 32.1 Å². The van der Waals surface area contributed by atoms with Gasteiger partial charge < -0.3 is 15.3 Å². The van der Waals surface area contributed by atoms with E-state index in [1.54, 1.807) is 5.57 Å². The highest BCUT2D eigenvalue weighted by atomic mass is 16.3. The molecule has 3 saturated carbocycles. The molecule has 0 aromatic heterocycles. The van der Waals surface area contributed by atoms with Crippen LogP contribution in [-0.2, 0) is 0 Å². The van der Waals surface area contributed by atoms with Crippen LogP contribution in [0.25, 0.3) is 0 Å². The van der Waals surface area contributed by atoms with Crippen LogP contribution in [0.15, 0.2) is 35.5 Å². The van der Waals surface area contributed by atoms with E-state index in [1.807, 2.05) is 20.8 Å². The molecule has 3 N–H and O–H groups in total. The monoisotopic (exact) mass is 430 g/mol. The molecule has 0 aromatic rings. The Morgan fingerprint density at radius 3 is 2.61 bits per heavy atom. The molecule has 176 valence electrons. The summed E-state index contributed by atoms with van der Waals surface area (Å²) in [7, 11) is 0. The molecule has 0 radical (unpaired) electrons. The fraction of sp³-hybridized carbons (Fsp3) is 0.786. The van der Waals surface area contributed by atoms with Crippen molar-refractivity contribution in [1.29, 1.82) is 0 Å². The summed E-state index contributed by atoms with van der Waals surface area (Å²) in [4.78, 5) is 0. The number of aliphatic hydroxyl groups excluding tert-OH is 2. The lowest BCUT2D eigenvalue weighted by atomic mass is 9.60. The summed E-state index contributed by atoms with van der Waals surface area (Å²) in [6.07, 6.45) is 13.4. The molecule has 0 amide bonds. The first-order valence-electron chi connectivity index (χ1n) is 12.6. The lowest BCUT2D eigenvalue weighted by Gasteiger charge is -2.44. The first-order valence-corrected chi connectivity index (χ1v) is 12.6. The maximum atomic E-state index is 10.4. The van der Waals surface area contributed by atoms with Gasteiger partial charge in [0.15, 0.2) is 0 Å². The molecule has 0 aromatic carbocycles. The number of rotatable bonds is 6. The molecule has 0 heterocycles. The van der Waals surface area contributed by atoms with Crippen molar-refractivity contribution in [3.63, 3.8) is 0 Å². The van der Waals surface area contributed by atoms with E-state index in [2.05, 4.69) is 32.6 Å². The van der Waals surface area contributed by atoms with Gasteiger partial charge in [0.25, 0.3) is 0 Å². The number of hydrogen-bond acceptors (Lipinski definition) is 3. The summed E-state index contributed by atoms with van der Waals surface area (Å²) in [6.45, 7) is 14.8. The summed E-state index contributed by atoms with van der Waals surface area (Å²) in [5.74, 6) is 1.94. The molecule has 3 nitrogen and oxygen atoms in total. The minimum absolute atomic E-state index is 0.149. The van der Waals surface area contributed by atoms with Gasteiger partial charge in [-0.3, -0.25) is 0 Å². The van der Waals surface area contributed by atoms with Gasteiger partial charge in [-0.1, -0.05) is 57.9 Å². The molecular weight excluding hydrogens is 384 g/mol. The molecule has 3 aliphatic rings. The maximum Gasteiger partial charge on any atom is 0.0837 e. The minimum Gasteiger partial charge on any atom is -0.392 e. The molecule has 7 atom stereocenters. The Kier molecular flexibility index (Phi) is 7.61. The predicted octanol–water partition coefficient (Wildman–Crippen LogP) is 5.95. The molecule has 1 unspecified atom stereocenters. The molecule has 3 aliphatic carbocycles. The van der Waals surface area contributed by atoms with Crippen LogP contribution in [0.4, 0.5) is 0 Å². The Hall–Kier alpha value is -0.900. The average molecular weight is 431 g/mol. The topological polar surface area (TPSA) is 60.7 Å². The number of hydrogen-bond donors (Lipinski definition) is 3. The van der Waals surface area contributed by atoms with Crippen LogP contribution < -0.4 is 0 Å². The van der Waals surface area contributed by atoms with Gasteiger partial charge in [-0.15, -0.1) is 0 Å². The van der Waals surface area contributed by atoms with Gasteiger partial charge in [0.05, 0.1) is 17.8 Å². The smallest absolute Gasteiger partial charge is 0.0837 e. The van der Waals surface area contributed by atoms with Gasteiger partial charge in [-0.05, 0) is 93.1 Å². The van der Waals surface area contributed by atoms with Gasteiger partial charge in [0.1, 0.15) is 0 Å². The fourth-order valence-corrected chi connectivity index (χ4v) is 6.91. The molecule has 0 bridgehead atoms. The van der Waals surface area contributed by atoms with Crippen molar-refractivity contribution in [2.24, 2.45) is 29.1 Å². The van der Waals surface area contributed by atoms with Crippen molar-refractivity contribution in [2.45, 2.75) is 110 Å². The number of aliphatic hydroxyl groups is 3. The second-order valence-corrected chi connectivity index (χ2v) is 11.8. The third-order valence-electron chi connectivity index (χ3n) is 8.97. The summed E-state index contributed by atoms with van der Waals surface area (Å²) in [5.41, 5.74) is 3.15. The Bertz CT molecular complexity index is 712. The van der Waals surface area contributed by atoms with E-state index in [9.17, 15) is 15.3 Å². The van der Waals surface area contributed by atoms with Crippen LogP contribution in [0.3, 0.4) is 0 Å². The van der Waals surface area contributed by atoms with Gasteiger partial charge in [0.2, 0.25) is 0 Å². The predicted molar refractivity (Wildman–Crippen MR) is 129 cm³/mol. The number of allylic oxidation sites excluding steroid dienone is 3. The van der Waals surface area contributed by atoms with Crippen LogP contribution in [0, 0.1) is 29.1 Å². The SMILES string of the molecule is C=C1/C(=C\C=C2/CCC[C@]3(C)[C@@H]([C@H](C)CCCC(C)(C)O)CC[C@@H]23)C[C@@H](O)C(C)[C@@H]1O. The van der Waals surface area contributed by atoms with E-state index < -0.39 is 17.8 Å². The Labute approximate surface area is 190 Å². The zero-order valence-corrected chi connectivity index (χ0v) is 20.5. The highest BCUT2D eigenvalue weighted by Gasteiger charge is 2.50. The normalized spacial score (nSPS) is 40.4. The number of fused-ring (bicyclic) bond motifs is 1. The summed E-state index contributed by atoms with van der Waals surface area (Å²) >= 11 is 0. The van der Waals surface area contributed by atoms with Gasteiger partial charge in [-0.25, -0.2) is 0 Å². The first kappa shape index (κ1) is 24.7. The zero-order valence-electron chi connectivity index (χ0n) is 20.5. The van der Waals surface area contributed by atoms with Gasteiger partial charge in [0, 0.05) is 5.92 Å². The third kappa shape index (κ3) is 5.37. The Morgan fingerprint density at radius 2 is 1.94 bits per heavy atom. The molecule has 0 spiro atoms. The van der Waals surface area contributed by atoms with Crippen LogP contribution in [0.5, 0.6) is 0 Å². The van der Waals surface area contributed by atoms with Crippen molar-refractivity contribution < 1.29 is 15.3 Å². The van der Waals surface area contributed by atoms with E-state index >= 15 is 0 Å². The van der Waals surface area contributed by atoms with E-state index in [0.717, 1.165) is 36.3 Å². The third-order valence-corrected chi connectivity index (χ3v) is 8.97. The maximum absolute atomic E-state index is 10.4. The van der Waals surface area contributed by atoms with Crippen molar-refractivity contribution in [1.82, 2.24) is 0 Å². The molecule has 0 aliphatic heterocycles. The highest BCUT2D eigenvalue weighted by Crippen LogP contribution is 2.60. The average Bonchev–Trinajstić information content (AvgIpc) is 3.04. The lowest BCUT2D eigenvalue weighted by Crippen LogP contribution is -2.36. The lowest BCUT2D eigenvalue weighted by molar-refractivity contribution is 0.0283. The van der Waals surface area contributed by atoms with E-state index in [0.29, 0.717) is 23.7 Å². The molecule has 3 fully saturated rings. The van der Waals surface area contributed by atoms with E-state index in [-0.39, 0.29) is 5.92 Å². The summed E-state index contributed by atoms with van der Waals surface area (Å²) < 4.78 is 0. The van der Waals surface area contributed by atoms with Gasteiger partial charge >= 0.3 is 0 Å². The fourth-order valence-electron chi connectivity index (χ4n) is 6.91. The van der Waals surface area contributed by atoms with Crippen molar-refractivity contribution in [2.75, 3.05) is 0 Å². The van der Waals surface area contributed by atoms with Crippen LogP contribution in [0.2, 0.25) is 0 Å². The zero-order chi connectivity index (χ0) is 23.0. The standard InChI is InChI=1S/C28H46O3/c1-18(9-7-15-27(4,5)31)23-13-14-24-21(10-8-16-28(23,24)6)11-12-22-17-25(29)20(3)26(30)19(22)2/h11-12,18,20,23-26,29-31H,2,7-10,13-17H2,1,3-6H3/b21-11+,22-12-/t18-,20?,23-,24+,25-,26-,28-/m1/s1. The molecule has 31 heavy (non-hydrogen) atoms. The Morgan fingerprint density at radius 1 is 1.23 bits per heavy atom. The van der Waals surface area contributed by atoms with Crippen LogP contribution >= 0.6 is 0 Å². The second-order valence-electron chi connectivity index (χ2n) is 11.8. The van der Waals surface area contributed by atoms with Crippen molar-refractivity contribution in [3.8, 4) is 0 Å². The quantitative estimate of drug-likeness (QED) is 0.488. The van der Waals surface area contributed by atoms with Crippen molar-refractivity contribution in [3.05, 3.63) is 35.5 Å². The summed E-state index contributed by atoms with van der Waals surface area (Å²) in [6, 6.07) is 0. The minimum atomic E-state index is -0.648. The largest absolute Gasteiger partial charge is 0.392 e. The molecule has 3 rings (SSSR count). The molecule has 0 saturated heterocycles. The Balaban J connectivity index is 1.71. The second kappa shape index (κ2) is 9.53. The highest BCUT2D eigenvalue weighted by molar-refractivity contribution is 5.39. The van der Waals surface area contributed by atoms with E-state index in [4.69, 9.17) is 0 Å².